The van der Waals surface area contributed by atoms with Crippen LogP contribution in [0.15, 0.2) is 12.1 Å². The van der Waals surface area contributed by atoms with Gasteiger partial charge < -0.3 is 5.32 Å². The lowest BCUT2D eigenvalue weighted by Crippen LogP contribution is -2.27. The Hall–Kier alpha value is -0.340. The van der Waals surface area contributed by atoms with E-state index in [0.717, 1.165) is 5.92 Å². The number of rotatable bonds is 1. The van der Waals surface area contributed by atoms with Gasteiger partial charge in [0.05, 0.1) is 0 Å². The van der Waals surface area contributed by atoms with E-state index >= 15 is 0 Å². The van der Waals surface area contributed by atoms with Crippen molar-refractivity contribution in [2.24, 2.45) is 0 Å². The molecule has 1 aliphatic heterocycles. The first-order chi connectivity index (χ1) is 5.86. The molecule has 1 nitrogen and oxygen atoms in total. The zero-order valence-electron chi connectivity index (χ0n) is 7.47. The van der Waals surface area contributed by atoms with Gasteiger partial charge in [0.2, 0.25) is 0 Å². The first kappa shape index (κ1) is 8.27. The van der Waals surface area contributed by atoms with Crippen molar-refractivity contribution in [2.75, 3.05) is 13.1 Å². The normalized spacial score (nSPS) is 24.2. The van der Waals surface area contributed by atoms with Crippen LogP contribution >= 0.6 is 11.3 Å². The molecule has 2 heteroatoms. The molecule has 0 aromatic carbocycles. The SMILES string of the molecule is Cc1ccc([C@@H]2CCCNC2)s1. The summed E-state index contributed by atoms with van der Waals surface area (Å²) in [6.07, 6.45) is 2.70. The Bertz CT molecular complexity index is 248. The van der Waals surface area contributed by atoms with Crippen molar-refractivity contribution < 1.29 is 0 Å². The summed E-state index contributed by atoms with van der Waals surface area (Å²) in [6, 6.07) is 4.52. The predicted molar refractivity (Wildman–Crippen MR) is 53.9 cm³/mol. The Kier molecular flexibility index (Phi) is 2.47. The number of thiophene rings is 1. The van der Waals surface area contributed by atoms with E-state index in [1.54, 1.807) is 4.88 Å². The van der Waals surface area contributed by atoms with Crippen LogP contribution in [0.5, 0.6) is 0 Å². The zero-order chi connectivity index (χ0) is 8.39. The molecule has 0 unspecified atom stereocenters. The van der Waals surface area contributed by atoms with Crippen LogP contribution in [0.2, 0.25) is 0 Å². The highest BCUT2D eigenvalue weighted by molar-refractivity contribution is 7.12. The molecule has 1 aromatic rings. The van der Waals surface area contributed by atoms with Crippen molar-refractivity contribution >= 4 is 11.3 Å². The summed E-state index contributed by atoms with van der Waals surface area (Å²) in [5.74, 6) is 0.789. The van der Waals surface area contributed by atoms with E-state index in [-0.39, 0.29) is 0 Å². The summed E-state index contributed by atoms with van der Waals surface area (Å²) in [5, 5.41) is 3.45. The first-order valence-electron chi connectivity index (χ1n) is 4.63. The maximum atomic E-state index is 3.45. The van der Waals surface area contributed by atoms with Crippen molar-refractivity contribution in [3.8, 4) is 0 Å². The van der Waals surface area contributed by atoms with E-state index in [4.69, 9.17) is 0 Å². The Morgan fingerprint density at radius 1 is 1.50 bits per heavy atom. The topological polar surface area (TPSA) is 12.0 Å². The average Bonchev–Trinajstić information content (AvgIpc) is 2.54. The third-order valence-electron chi connectivity index (χ3n) is 2.46. The van der Waals surface area contributed by atoms with Gasteiger partial charge in [0.25, 0.3) is 0 Å². The molecule has 1 fully saturated rings. The molecule has 2 heterocycles. The molecule has 0 amide bonds. The molecule has 1 aromatic heterocycles. The number of nitrogens with one attached hydrogen (secondary N) is 1. The second kappa shape index (κ2) is 3.58. The lowest BCUT2D eigenvalue weighted by Gasteiger charge is -2.21. The van der Waals surface area contributed by atoms with Crippen LogP contribution in [0.1, 0.15) is 28.5 Å². The van der Waals surface area contributed by atoms with Gasteiger partial charge >= 0.3 is 0 Å². The first-order valence-corrected chi connectivity index (χ1v) is 5.45. The highest BCUT2D eigenvalue weighted by Crippen LogP contribution is 2.28. The van der Waals surface area contributed by atoms with Crippen LogP contribution in [0.25, 0.3) is 0 Å². The van der Waals surface area contributed by atoms with Crippen molar-refractivity contribution in [3.05, 3.63) is 21.9 Å². The van der Waals surface area contributed by atoms with Gasteiger partial charge in [0, 0.05) is 22.2 Å². The quantitative estimate of drug-likeness (QED) is 0.702. The minimum atomic E-state index is 0.789. The lowest BCUT2D eigenvalue weighted by molar-refractivity contribution is 0.466. The van der Waals surface area contributed by atoms with Gasteiger partial charge in [0.15, 0.2) is 0 Å². The second-order valence-electron chi connectivity index (χ2n) is 3.49. The molecule has 1 aliphatic rings. The Balaban J connectivity index is 2.08. The fourth-order valence-electron chi connectivity index (χ4n) is 1.77. The van der Waals surface area contributed by atoms with E-state index in [2.05, 4.69) is 24.4 Å². The molecule has 0 saturated carbocycles. The van der Waals surface area contributed by atoms with Crippen molar-refractivity contribution in [2.45, 2.75) is 25.7 Å². The summed E-state index contributed by atoms with van der Waals surface area (Å²) in [6.45, 7) is 4.57. The smallest absolute Gasteiger partial charge is 0.00916 e. The third kappa shape index (κ3) is 1.70. The van der Waals surface area contributed by atoms with Crippen LogP contribution in [-0.2, 0) is 0 Å². The van der Waals surface area contributed by atoms with Crippen molar-refractivity contribution in [1.29, 1.82) is 0 Å². The van der Waals surface area contributed by atoms with Gasteiger partial charge in [-0.1, -0.05) is 0 Å². The van der Waals surface area contributed by atoms with E-state index in [1.807, 2.05) is 11.3 Å². The van der Waals surface area contributed by atoms with Gasteiger partial charge in [-0.15, -0.1) is 11.3 Å². The van der Waals surface area contributed by atoms with Gasteiger partial charge in [-0.2, -0.15) is 0 Å². The number of aryl methyl sites for hydroxylation is 1. The highest BCUT2D eigenvalue weighted by atomic mass is 32.1. The molecular formula is C10H15NS. The summed E-state index contributed by atoms with van der Waals surface area (Å²) in [7, 11) is 0. The molecule has 66 valence electrons. The molecule has 2 rings (SSSR count). The van der Waals surface area contributed by atoms with Gasteiger partial charge in [0.1, 0.15) is 0 Å². The maximum Gasteiger partial charge on any atom is 0.00916 e. The number of piperidine rings is 1. The third-order valence-corrected chi connectivity index (χ3v) is 3.62. The van der Waals surface area contributed by atoms with E-state index < -0.39 is 0 Å². The number of hydrogen-bond acceptors (Lipinski definition) is 2. The molecule has 0 spiro atoms. The summed E-state index contributed by atoms with van der Waals surface area (Å²) >= 11 is 1.95. The minimum Gasteiger partial charge on any atom is -0.316 e. The maximum absolute atomic E-state index is 3.45. The Morgan fingerprint density at radius 3 is 3.00 bits per heavy atom. The fourth-order valence-corrected chi connectivity index (χ4v) is 2.78. The van der Waals surface area contributed by atoms with Crippen LogP contribution in [0, 0.1) is 6.92 Å². The fraction of sp³-hybridized carbons (Fsp3) is 0.600. The summed E-state index contributed by atoms with van der Waals surface area (Å²) < 4.78 is 0. The predicted octanol–water partition coefficient (Wildman–Crippen LogP) is 2.52. The van der Waals surface area contributed by atoms with Crippen molar-refractivity contribution in [3.63, 3.8) is 0 Å². The van der Waals surface area contributed by atoms with Crippen LogP contribution in [0.4, 0.5) is 0 Å². The van der Waals surface area contributed by atoms with E-state index in [9.17, 15) is 0 Å². The molecule has 0 bridgehead atoms. The highest BCUT2D eigenvalue weighted by Gasteiger charge is 2.15. The summed E-state index contributed by atoms with van der Waals surface area (Å²) in [4.78, 5) is 3.01. The number of hydrogen-bond donors (Lipinski definition) is 1. The molecule has 0 aliphatic carbocycles. The average molecular weight is 181 g/mol. The molecule has 1 N–H and O–H groups in total. The van der Waals surface area contributed by atoms with Crippen LogP contribution in [-0.4, -0.2) is 13.1 Å². The monoisotopic (exact) mass is 181 g/mol. The molecule has 0 radical (unpaired) electrons. The molecular weight excluding hydrogens is 166 g/mol. The van der Waals surface area contributed by atoms with E-state index in [1.165, 1.54) is 30.8 Å². The van der Waals surface area contributed by atoms with Gasteiger partial charge in [-0.05, 0) is 38.4 Å². The van der Waals surface area contributed by atoms with Crippen LogP contribution < -0.4 is 5.32 Å². The minimum absolute atomic E-state index is 0.789. The zero-order valence-corrected chi connectivity index (χ0v) is 8.29. The standard InChI is InChI=1S/C10H15NS/c1-8-4-5-10(12-8)9-3-2-6-11-7-9/h4-5,9,11H,2-3,6-7H2,1H3/t9-/m1/s1. The van der Waals surface area contributed by atoms with E-state index in [0.29, 0.717) is 0 Å². The lowest BCUT2D eigenvalue weighted by atomic mass is 9.98. The Labute approximate surface area is 77.8 Å². The van der Waals surface area contributed by atoms with Gasteiger partial charge in [-0.25, -0.2) is 0 Å². The largest absolute Gasteiger partial charge is 0.316 e. The van der Waals surface area contributed by atoms with Crippen molar-refractivity contribution in [1.82, 2.24) is 5.32 Å². The second-order valence-corrected chi connectivity index (χ2v) is 4.81. The Morgan fingerprint density at radius 2 is 2.42 bits per heavy atom. The molecule has 12 heavy (non-hydrogen) atoms. The van der Waals surface area contributed by atoms with Gasteiger partial charge in [-0.3, -0.25) is 0 Å². The molecule has 1 saturated heterocycles. The summed E-state index contributed by atoms with van der Waals surface area (Å²) in [5.41, 5.74) is 0. The van der Waals surface area contributed by atoms with Crippen LogP contribution in [0.3, 0.4) is 0 Å². The molecule has 1 atom stereocenters.